The number of rotatable bonds is 3. The highest BCUT2D eigenvalue weighted by atomic mass is 16.4. The van der Waals surface area contributed by atoms with Crippen LogP contribution in [-0.4, -0.2) is 40.0 Å². The van der Waals surface area contributed by atoms with Gasteiger partial charge in [0.05, 0.1) is 12.3 Å². The van der Waals surface area contributed by atoms with Crippen LogP contribution in [-0.2, 0) is 16.0 Å². The molecule has 5 nitrogen and oxygen atoms in total. The van der Waals surface area contributed by atoms with E-state index >= 15 is 0 Å². The molecule has 0 bridgehead atoms. The first kappa shape index (κ1) is 15.2. The minimum Gasteiger partial charge on any atom is -0.481 e. The van der Waals surface area contributed by atoms with Crippen molar-refractivity contribution in [1.82, 2.24) is 9.88 Å². The smallest absolute Gasteiger partial charge is 0.307 e. The summed E-state index contributed by atoms with van der Waals surface area (Å²) in [6.45, 7) is 3.38. The first-order valence-corrected chi connectivity index (χ1v) is 8.57. The second-order valence-electron chi connectivity index (χ2n) is 7.29. The number of hydrogen-bond acceptors (Lipinski definition) is 2. The first-order valence-electron chi connectivity index (χ1n) is 8.57. The number of hydrogen-bond donors (Lipinski definition) is 2. The van der Waals surface area contributed by atoms with Gasteiger partial charge in [-0.05, 0) is 43.2 Å². The zero-order valence-electron chi connectivity index (χ0n) is 13.8. The average Bonchev–Trinajstić information content (AvgIpc) is 3.18. The third-order valence-electron chi connectivity index (χ3n) is 5.95. The standard InChI is InChI=1S/C19H22N2O3/c1-12-14(13-4-2-3-5-16(13)20-12)10-17(22)21-8-6-19(7-9-21)11-15(19)18(23)24/h2-5,15,20H,6-11H2,1H3,(H,23,24). The fraction of sp³-hybridized carbons (Fsp3) is 0.474. The number of carboxylic acids is 1. The maximum Gasteiger partial charge on any atom is 0.307 e. The van der Waals surface area contributed by atoms with Gasteiger partial charge in [0, 0.05) is 29.7 Å². The highest BCUT2D eigenvalue weighted by molar-refractivity contribution is 5.90. The lowest BCUT2D eigenvalue weighted by atomic mass is 9.90. The average molecular weight is 326 g/mol. The summed E-state index contributed by atoms with van der Waals surface area (Å²) in [5, 5.41) is 10.3. The highest BCUT2D eigenvalue weighted by Gasteiger charge is 2.59. The molecule has 24 heavy (non-hydrogen) atoms. The van der Waals surface area contributed by atoms with Gasteiger partial charge in [0.1, 0.15) is 0 Å². The fourth-order valence-corrected chi connectivity index (χ4v) is 4.28. The van der Waals surface area contributed by atoms with Crippen molar-refractivity contribution in [2.75, 3.05) is 13.1 Å². The number of aryl methyl sites for hydroxylation is 1. The molecule has 1 aliphatic heterocycles. The van der Waals surface area contributed by atoms with E-state index in [1.54, 1.807) is 0 Å². The quantitative estimate of drug-likeness (QED) is 0.911. The molecule has 1 aliphatic carbocycles. The fourth-order valence-electron chi connectivity index (χ4n) is 4.28. The molecule has 1 atom stereocenters. The monoisotopic (exact) mass is 326 g/mol. The lowest BCUT2D eigenvalue weighted by Gasteiger charge is -2.32. The molecule has 2 N–H and O–H groups in total. The van der Waals surface area contributed by atoms with Gasteiger partial charge in [-0.3, -0.25) is 9.59 Å². The molecule has 1 saturated carbocycles. The number of benzene rings is 1. The van der Waals surface area contributed by atoms with Crippen LogP contribution in [0.4, 0.5) is 0 Å². The minimum atomic E-state index is -0.677. The Labute approximate surface area is 140 Å². The summed E-state index contributed by atoms with van der Waals surface area (Å²) >= 11 is 0. The van der Waals surface area contributed by atoms with Crippen molar-refractivity contribution < 1.29 is 14.7 Å². The molecule has 1 spiro atoms. The van der Waals surface area contributed by atoms with Crippen molar-refractivity contribution in [3.8, 4) is 0 Å². The molecule has 0 radical (unpaired) electrons. The summed E-state index contributed by atoms with van der Waals surface area (Å²) in [7, 11) is 0. The summed E-state index contributed by atoms with van der Waals surface area (Å²) in [6, 6.07) is 8.06. The Morgan fingerprint density at radius 3 is 2.67 bits per heavy atom. The van der Waals surface area contributed by atoms with Crippen molar-refractivity contribution in [2.24, 2.45) is 11.3 Å². The second-order valence-corrected chi connectivity index (χ2v) is 7.29. The van der Waals surface area contributed by atoms with Crippen LogP contribution in [0.3, 0.4) is 0 Å². The van der Waals surface area contributed by atoms with Crippen LogP contribution in [0, 0.1) is 18.3 Å². The molecular weight excluding hydrogens is 304 g/mol. The third-order valence-corrected chi connectivity index (χ3v) is 5.95. The van der Waals surface area contributed by atoms with Crippen LogP contribution in [0.5, 0.6) is 0 Å². The Kier molecular flexibility index (Phi) is 3.41. The van der Waals surface area contributed by atoms with E-state index < -0.39 is 5.97 Å². The van der Waals surface area contributed by atoms with E-state index in [4.69, 9.17) is 5.11 Å². The number of likely N-dealkylation sites (tertiary alicyclic amines) is 1. The van der Waals surface area contributed by atoms with Gasteiger partial charge in [0.25, 0.3) is 0 Å². The van der Waals surface area contributed by atoms with E-state index in [9.17, 15) is 9.59 Å². The topological polar surface area (TPSA) is 73.4 Å². The van der Waals surface area contributed by atoms with Crippen molar-refractivity contribution >= 4 is 22.8 Å². The van der Waals surface area contributed by atoms with Crippen LogP contribution in [0.15, 0.2) is 24.3 Å². The number of nitrogens with one attached hydrogen (secondary N) is 1. The van der Waals surface area contributed by atoms with Crippen molar-refractivity contribution in [2.45, 2.75) is 32.6 Å². The van der Waals surface area contributed by atoms with Gasteiger partial charge in [0.15, 0.2) is 0 Å². The number of aromatic nitrogens is 1. The van der Waals surface area contributed by atoms with Crippen LogP contribution >= 0.6 is 0 Å². The zero-order valence-corrected chi connectivity index (χ0v) is 13.8. The first-order chi connectivity index (χ1) is 11.5. The van der Waals surface area contributed by atoms with Gasteiger partial charge in [0.2, 0.25) is 5.91 Å². The van der Waals surface area contributed by atoms with E-state index in [-0.39, 0.29) is 17.2 Å². The number of piperidine rings is 1. The van der Waals surface area contributed by atoms with E-state index in [2.05, 4.69) is 4.98 Å². The normalized spacial score (nSPS) is 22.0. The molecule has 1 aromatic carbocycles. The van der Waals surface area contributed by atoms with Crippen LogP contribution in [0.1, 0.15) is 30.5 Å². The molecule has 1 unspecified atom stereocenters. The Hall–Kier alpha value is -2.30. The second kappa shape index (κ2) is 5.36. The number of para-hydroxylation sites is 1. The van der Waals surface area contributed by atoms with Gasteiger partial charge in [-0.1, -0.05) is 18.2 Å². The van der Waals surface area contributed by atoms with E-state index in [0.717, 1.165) is 41.4 Å². The molecule has 1 aromatic heterocycles. The SMILES string of the molecule is Cc1[nH]c2ccccc2c1CC(=O)N1CCC2(CC1)CC2C(=O)O. The molecule has 1 amide bonds. The number of aromatic amines is 1. The zero-order chi connectivity index (χ0) is 16.9. The summed E-state index contributed by atoms with van der Waals surface area (Å²) in [4.78, 5) is 29.1. The predicted octanol–water partition coefficient (Wildman–Crippen LogP) is 2.73. The molecule has 2 aromatic rings. The van der Waals surface area contributed by atoms with E-state index in [0.29, 0.717) is 19.5 Å². The van der Waals surface area contributed by atoms with Gasteiger partial charge in [-0.25, -0.2) is 0 Å². The van der Waals surface area contributed by atoms with Crippen LogP contribution in [0.2, 0.25) is 0 Å². The lowest BCUT2D eigenvalue weighted by molar-refractivity contribution is -0.139. The van der Waals surface area contributed by atoms with Crippen molar-refractivity contribution in [1.29, 1.82) is 0 Å². The number of carbonyl (C=O) groups is 2. The minimum absolute atomic E-state index is 0.0285. The number of carbonyl (C=O) groups excluding carboxylic acids is 1. The third kappa shape index (κ3) is 2.39. The maximum atomic E-state index is 12.7. The Balaban J connectivity index is 1.44. The summed E-state index contributed by atoms with van der Waals surface area (Å²) in [5.41, 5.74) is 3.16. The molecule has 126 valence electrons. The lowest BCUT2D eigenvalue weighted by Crippen LogP contribution is -2.40. The van der Waals surface area contributed by atoms with Crippen molar-refractivity contribution in [3.05, 3.63) is 35.5 Å². The highest BCUT2D eigenvalue weighted by Crippen LogP contribution is 2.59. The summed E-state index contributed by atoms with van der Waals surface area (Å²) in [6.07, 6.45) is 2.84. The molecule has 5 heteroatoms. The van der Waals surface area contributed by atoms with Gasteiger partial charge in [-0.2, -0.15) is 0 Å². The van der Waals surface area contributed by atoms with Gasteiger partial charge >= 0.3 is 5.97 Å². The molecule has 2 aliphatic rings. The Bertz CT molecular complexity index is 815. The molecule has 1 saturated heterocycles. The van der Waals surface area contributed by atoms with E-state index in [1.165, 1.54) is 0 Å². The molecule has 2 heterocycles. The number of H-pyrrole nitrogens is 1. The van der Waals surface area contributed by atoms with Crippen molar-refractivity contribution in [3.63, 3.8) is 0 Å². The number of aliphatic carboxylic acids is 1. The van der Waals surface area contributed by atoms with Crippen LogP contribution in [0.25, 0.3) is 10.9 Å². The van der Waals surface area contributed by atoms with Gasteiger partial charge < -0.3 is 15.0 Å². The van der Waals surface area contributed by atoms with Gasteiger partial charge in [-0.15, -0.1) is 0 Å². The van der Waals surface area contributed by atoms with E-state index in [1.807, 2.05) is 36.1 Å². The Morgan fingerprint density at radius 2 is 2.00 bits per heavy atom. The largest absolute Gasteiger partial charge is 0.481 e. The number of nitrogens with zero attached hydrogens (tertiary/aromatic N) is 1. The summed E-state index contributed by atoms with van der Waals surface area (Å²) in [5.74, 6) is -0.722. The molecule has 4 rings (SSSR count). The van der Waals surface area contributed by atoms with Crippen LogP contribution < -0.4 is 0 Å². The predicted molar refractivity (Wildman–Crippen MR) is 90.7 cm³/mol. The number of fused-ring (bicyclic) bond motifs is 1. The summed E-state index contributed by atoms with van der Waals surface area (Å²) < 4.78 is 0. The maximum absolute atomic E-state index is 12.7. The number of amides is 1. The molecule has 2 fully saturated rings. The molecular formula is C19H22N2O3. The Morgan fingerprint density at radius 1 is 1.29 bits per heavy atom. The number of carboxylic acid groups (broad SMARTS) is 1.